The van der Waals surface area contributed by atoms with Crippen LogP contribution in [-0.2, 0) is 11.4 Å². The van der Waals surface area contributed by atoms with Crippen LogP contribution in [0.25, 0.3) is 6.08 Å². The fourth-order valence-corrected chi connectivity index (χ4v) is 4.87. The van der Waals surface area contributed by atoms with Crippen molar-refractivity contribution in [1.82, 2.24) is 4.90 Å². The smallest absolute Gasteiger partial charge is 0.293 e. The van der Waals surface area contributed by atoms with Crippen LogP contribution in [0.15, 0.2) is 70.0 Å². The summed E-state index contributed by atoms with van der Waals surface area (Å²) in [7, 11) is 1.51. The number of ether oxygens (including phenoxy) is 3. The Balaban J connectivity index is 1.43. The van der Waals surface area contributed by atoms with Crippen molar-refractivity contribution in [1.29, 1.82) is 0 Å². The number of imide groups is 1. The fraction of sp³-hybridized carbons (Fsp3) is 0.185. The summed E-state index contributed by atoms with van der Waals surface area (Å²) < 4.78 is 30.8. The Morgan fingerprint density at radius 3 is 2.44 bits per heavy atom. The lowest BCUT2D eigenvalue weighted by Crippen LogP contribution is -2.32. The summed E-state index contributed by atoms with van der Waals surface area (Å²) in [4.78, 5) is 26.8. The van der Waals surface area contributed by atoms with E-state index < -0.39 is 0 Å². The summed E-state index contributed by atoms with van der Waals surface area (Å²) in [5.74, 6) is 0.917. The number of rotatable bonds is 9. The third-order valence-electron chi connectivity index (χ3n) is 5.32. The molecule has 4 rings (SSSR count). The molecule has 1 heterocycles. The number of hydrogen-bond donors (Lipinski definition) is 0. The minimum absolute atomic E-state index is 0.152. The largest absolute Gasteiger partial charge is 0.493 e. The lowest BCUT2D eigenvalue weighted by atomic mass is 10.1. The number of methoxy groups -OCH3 is 1. The molecule has 1 aliphatic rings. The summed E-state index contributed by atoms with van der Waals surface area (Å²) in [6.07, 6.45) is 1.64. The van der Waals surface area contributed by atoms with Crippen molar-refractivity contribution in [2.45, 2.75) is 13.5 Å². The Morgan fingerprint density at radius 2 is 1.75 bits per heavy atom. The standard InChI is InChI=1S/C27H23BrFNO5S/c1-17-3-9-21(10-4-17)34-12-11-30-26(31)24(36-27(30)32)15-19-13-22(28)25(23(14-19)33-2)35-16-18-5-7-20(29)8-6-18/h3-10,13-15H,11-12,16H2,1-2H3/b24-15-. The van der Waals surface area contributed by atoms with E-state index in [1.54, 1.807) is 30.3 Å². The highest BCUT2D eigenvalue weighted by Gasteiger charge is 2.35. The van der Waals surface area contributed by atoms with E-state index in [2.05, 4.69) is 15.9 Å². The van der Waals surface area contributed by atoms with Gasteiger partial charge in [-0.2, -0.15) is 0 Å². The molecule has 36 heavy (non-hydrogen) atoms. The summed E-state index contributed by atoms with van der Waals surface area (Å²) in [6, 6.07) is 17.1. The molecule has 2 amide bonds. The van der Waals surface area contributed by atoms with Crippen molar-refractivity contribution in [2.75, 3.05) is 20.3 Å². The van der Waals surface area contributed by atoms with Crippen LogP contribution in [0.2, 0.25) is 0 Å². The van der Waals surface area contributed by atoms with Crippen molar-refractivity contribution >= 4 is 44.9 Å². The number of benzene rings is 3. The summed E-state index contributed by atoms with van der Waals surface area (Å²) in [5.41, 5.74) is 2.58. The van der Waals surface area contributed by atoms with E-state index in [4.69, 9.17) is 14.2 Å². The van der Waals surface area contributed by atoms with Crippen molar-refractivity contribution in [3.63, 3.8) is 0 Å². The van der Waals surface area contributed by atoms with E-state index in [1.807, 2.05) is 31.2 Å². The Hall–Kier alpha value is -3.30. The second-order valence-electron chi connectivity index (χ2n) is 7.94. The van der Waals surface area contributed by atoms with E-state index in [0.29, 0.717) is 32.2 Å². The molecule has 0 unspecified atom stereocenters. The van der Waals surface area contributed by atoms with Crippen molar-refractivity contribution in [2.24, 2.45) is 0 Å². The van der Waals surface area contributed by atoms with Gasteiger partial charge in [-0.05, 0) is 88.2 Å². The van der Waals surface area contributed by atoms with Crippen LogP contribution in [0, 0.1) is 12.7 Å². The van der Waals surface area contributed by atoms with Gasteiger partial charge in [0.05, 0.1) is 23.0 Å². The lowest BCUT2D eigenvalue weighted by Gasteiger charge is -2.14. The van der Waals surface area contributed by atoms with Gasteiger partial charge in [0, 0.05) is 0 Å². The van der Waals surface area contributed by atoms with Gasteiger partial charge < -0.3 is 14.2 Å². The van der Waals surface area contributed by atoms with E-state index in [1.165, 1.54) is 24.1 Å². The molecule has 0 radical (unpaired) electrons. The highest BCUT2D eigenvalue weighted by Crippen LogP contribution is 2.39. The first-order valence-corrected chi connectivity index (χ1v) is 12.6. The molecule has 9 heteroatoms. The molecule has 1 saturated heterocycles. The maximum Gasteiger partial charge on any atom is 0.293 e. The summed E-state index contributed by atoms with van der Waals surface area (Å²) in [5, 5.41) is -0.343. The zero-order valence-corrected chi connectivity index (χ0v) is 22.0. The quantitative estimate of drug-likeness (QED) is 0.269. The number of hydrogen-bond acceptors (Lipinski definition) is 6. The first-order chi connectivity index (χ1) is 17.3. The number of halogens is 2. The SMILES string of the molecule is COc1cc(/C=C2\SC(=O)N(CCOc3ccc(C)cc3)C2=O)cc(Br)c1OCc1ccc(F)cc1. The first-order valence-electron chi connectivity index (χ1n) is 11.0. The van der Waals surface area contributed by atoms with E-state index in [0.717, 1.165) is 22.9 Å². The first kappa shape index (κ1) is 25.8. The molecule has 0 spiro atoms. The normalized spacial score (nSPS) is 14.4. The Labute approximate surface area is 221 Å². The highest BCUT2D eigenvalue weighted by molar-refractivity contribution is 9.10. The molecule has 0 atom stereocenters. The molecule has 0 bridgehead atoms. The van der Waals surface area contributed by atoms with Gasteiger partial charge in [-0.15, -0.1) is 0 Å². The molecule has 6 nitrogen and oxygen atoms in total. The number of carbonyl (C=O) groups excluding carboxylic acids is 2. The molecule has 186 valence electrons. The summed E-state index contributed by atoms with van der Waals surface area (Å²) in [6.45, 7) is 2.56. The van der Waals surface area contributed by atoms with Crippen LogP contribution >= 0.6 is 27.7 Å². The molecule has 3 aromatic carbocycles. The Kier molecular flexibility index (Phi) is 8.32. The van der Waals surface area contributed by atoms with Crippen LogP contribution < -0.4 is 14.2 Å². The van der Waals surface area contributed by atoms with Gasteiger partial charge in [-0.3, -0.25) is 14.5 Å². The van der Waals surface area contributed by atoms with Crippen molar-refractivity contribution in [3.8, 4) is 17.2 Å². The monoisotopic (exact) mass is 571 g/mol. The molecule has 1 fully saturated rings. The van der Waals surface area contributed by atoms with Crippen LogP contribution in [0.3, 0.4) is 0 Å². The van der Waals surface area contributed by atoms with Gasteiger partial charge in [0.1, 0.15) is 24.8 Å². The molecular formula is C27H23BrFNO5S. The second kappa shape index (κ2) is 11.6. The van der Waals surface area contributed by atoms with Gasteiger partial charge in [0.2, 0.25) is 0 Å². The van der Waals surface area contributed by atoms with E-state index in [-0.39, 0.29) is 36.7 Å². The van der Waals surface area contributed by atoms with Gasteiger partial charge in [-0.25, -0.2) is 4.39 Å². The second-order valence-corrected chi connectivity index (χ2v) is 9.79. The van der Waals surface area contributed by atoms with Crippen LogP contribution in [0.1, 0.15) is 16.7 Å². The molecule has 1 aliphatic heterocycles. The molecule has 0 aromatic heterocycles. The molecule has 0 N–H and O–H groups in total. The number of amides is 2. The maximum atomic E-state index is 13.1. The van der Waals surface area contributed by atoms with Crippen molar-refractivity contribution in [3.05, 3.63) is 92.5 Å². The summed E-state index contributed by atoms with van der Waals surface area (Å²) >= 11 is 4.38. The minimum Gasteiger partial charge on any atom is -0.493 e. The fourth-order valence-electron chi connectivity index (χ4n) is 3.43. The molecule has 0 aliphatic carbocycles. The number of nitrogens with zero attached hydrogens (tertiary/aromatic N) is 1. The van der Waals surface area contributed by atoms with E-state index in [9.17, 15) is 14.0 Å². The average molecular weight is 572 g/mol. The van der Waals surface area contributed by atoms with Gasteiger partial charge in [0.25, 0.3) is 11.1 Å². The topological polar surface area (TPSA) is 65.1 Å². The van der Waals surface area contributed by atoms with Crippen LogP contribution in [-0.4, -0.2) is 36.3 Å². The van der Waals surface area contributed by atoms with Crippen LogP contribution in [0.5, 0.6) is 17.2 Å². The van der Waals surface area contributed by atoms with Crippen LogP contribution in [0.4, 0.5) is 9.18 Å². The third-order valence-corrected chi connectivity index (χ3v) is 6.82. The molecule has 0 saturated carbocycles. The van der Waals surface area contributed by atoms with Gasteiger partial charge in [0.15, 0.2) is 11.5 Å². The van der Waals surface area contributed by atoms with E-state index >= 15 is 0 Å². The highest BCUT2D eigenvalue weighted by atomic mass is 79.9. The average Bonchev–Trinajstić information content (AvgIpc) is 3.12. The zero-order valence-electron chi connectivity index (χ0n) is 19.6. The number of aryl methyl sites for hydroxylation is 1. The van der Waals surface area contributed by atoms with Gasteiger partial charge >= 0.3 is 0 Å². The minimum atomic E-state index is -0.371. The van der Waals surface area contributed by atoms with Gasteiger partial charge in [-0.1, -0.05) is 29.8 Å². The lowest BCUT2D eigenvalue weighted by molar-refractivity contribution is -0.123. The Bertz CT molecular complexity index is 1290. The number of carbonyl (C=O) groups is 2. The predicted octanol–water partition coefficient (Wildman–Crippen LogP) is 6.60. The third kappa shape index (κ3) is 6.27. The Morgan fingerprint density at radius 1 is 1.03 bits per heavy atom. The zero-order chi connectivity index (χ0) is 25.7. The molecule has 3 aromatic rings. The number of thioether (sulfide) groups is 1. The predicted molar refractivity (Wildman–Crippen MR) is 141 cm³/mol. The maximum absolute atomic E-state index is 13.1. The van der Waals surface area contributed by atoms with Crippen molar-refractivity contribution < 1.29 is 28.2 Å². The molecular weight excluding hydrogens is 549 g/mol.